The number of tetrazole rings is 1. The Morgan fingerprint density at radius 2 is 1.77 bits per heavy atom. The van der Waals surface area contributed by atoms with E-state index in [-0.39, 0.29) is 0 Å². The first kappa shape index (κ1) is 16.9. The van der Waals surface area contributed by atoms with E-state index in [0.717, 1.165) is 42.9 Å². The van der Waals surface area contributed by atoms with Crippen LogP contribution in [0.5, 0.6) is 0 Å². The van der Waals surface area contributed by atoms with Gasteiger partial charge in [0.2, 0.25) is 0 Å². The van der Waals surface area contributed by atoms with Crippen molar-refractivity contribution in [2.75, 3.05) is 6.54 Å². The predicted molar refractivity (Wildman–Crippen MR) is 98.6 cm³/mol. The van der Waals surface area contributed by atoms with Crippen molar-refractivity contribution in [3.63, 3.8) is 0 Å². The molecule has 1 N–H and O–H groups in total. The number of benzene rings is 2. The highest BCUT2D eigenvalue weighted by atomic mass is 16.3. The summed E-state index contributed by atoms with van der Waals surface area (Å²) in [6.45, 7) is 1.70. The van der Waals surface area contributed by atoms with Gasteiger partial charge >= 0.3 is 0 Å². The van der Waals surface area contributed by atoms with Crippen LogP contribution >= 0.6 is 0 Å². The van der Waals surface area contributed by atoms with Crippen molar-refractivity contribution in [2.24, 2.45) is 0 Å². The summed E-state index contributed by atoms with van der Waals surface area (Å²) in [6.07, 6.45) is 2.53. The minimum atomic E-state index is -0.438. The average molecular weight is 349 g/mol. The molecular formula is C20H23N5O. The number of aliphatic hydroxyl groups excluding tert-OH is 1. The molecule has 2 heterocycles. The second kappa shape index (κ2) is 7.76. The van der Waals surface area contributed by atoms with E-state index in [9.17, 15) is 5.11 Å². The fraction of sp³-hybridized carbons (Fsp3) is 0.350. The number of aliphatic hydroxyl groups is 1. The van der Waals surface area contributed by atoms with Crippen LogP contribution in [0.2, 0.25) is 0 Å². The molecule has 1 aromatic heterocycles. The Morgan fingerprint density at radius 1 is 1.04 bits per heavy atom. The van der Waals surface area contributed by atoms with E-state index in [0.29, 0.717) is 12.6 Å². The van der Waals surface area contributed by atoms with E-state index >= 15 is 0 Å². The van der Waals surface area contributed by atoms with Gasteiger partial charge in [0.25, 0.3) is 0 Å². The van der Waals surface area contributed by atoms with Crippen LogP contribution in [0.1, 0.15) is 36.8 Å². The molecule has 0 unspecified atom stereocenters. The van der Waals surface area contributed by atoms with E-state index in [1.807, 2.05) is 60.7 Å². The monoisotopic (exact) mass is 349 g/mol. The first-order chi connectivity index (χ1) is 12.8. The van der Waals surface area contributed by atoms with Crippen molar-refractivity contribution < 1.29 is 5.11 Å². The molecule has 1 aliphatic heterocycles. The molecule has 0 aliphatic carbocycles. The van der Waals surface area contributed by atoms with Gasteiger partial charge in [-0.3, -0.25) is 4.90 Å². The third-order valence-corrected chi connectivity index (χ3v) is 5.06. The third-order valence-electron chi connectivity index (χ3n) is 5.06. The number of hydrogen-bond acceptors (Lipinski definition) is 5. The lowest BCUT2D eigenvalue weighted by Crippen LogP contribution is -2.31. The lowest BCUT2D eigenvalue weighted by Gasteiger charge is -2.26. The van der Waals surface area contributed by atoms with Gasteiger partial charge in [0.15, 0.2) is 5.82 Å². The Morgan fingerprint density at radius 3 is 2.54 bits per heavy atom. The number of nitrogens with zero attached hydrogens (tertiary/aromatic N) is 5. The summed E-state index contributed by atoms with van der Waals surface area (Å²) in [5, 5.41) is 22.8. The van der Waals surface area contributed by atoms with E-state index in [1.165, 1.54) is 0 Å². The molecule has 1 aliphatic rings. The van der Waals surface area contributed by atoms with Crippen LogP contribution in [-0.2, 0) is 6.54 Å². The zero-order valence-electron chi connectivity index (χ0n) is 14.6. The third kappa shape index (κ3) is 3.66. The minimum absolute atomic E-state index is 0.339. The zero-order chi connectivity index (χ0) is 17.8. The molecule has 0 spiro atoms. The van der Waals surface area contributed by atoms with Gasteiger partial charge in [0, 0.05) is 6.04 Å². The standard InChI is InChI=1S/C20H23N5O/c26-19(16-8-3-1-4-9-16)14-18-12-7-13-24(18)15-20-21-22-23-25(20)17-10-5-2-6-11-17/h1-6,8-11,18-19,26H,7,12-15H2/t18-,19-/m0/s1. The summed E-state index contributed by atoms with van der Waals surface area (Å²) in [7, 11) is 0. The van der Waals surface area contributed by atoms with Crippen molar-refractivity contribution in [1.82, 2.24) is 25.1 Å². The summed E-state index contributed by atoms with van der Waals surface area (Å²) in [5.74, 6) is 0.831. The van der Waals surface area contributed by atoms with Crippen LogP contribution in [0.25, 0.3) is 5.69 Å². The minimum Gasteiger partial charge on any atom is -0.388 e. The quantitative estimate of drug-likeness (QED) is 0.741. The highest BCUT2D eigenvalue weighted by Crippen LogP contribution is 2.28. The maximum absolute atomic E-state index is 10.6. The van der Waals surface area contributed by atoms with Gasteiger partial charge in [-0.15, -0.1) is 5.10 Å². The smallest absolute Gasteiger partial charge is 0.170 e. The first-order valence-corrected chi connectivity index (χ1v) is 9.11. The molecule has 4 rings (SSSR count). The number of para-hydroxylation sites is 1. The van der Waals surface area contributed by atoms with Gasteiger partial charge in [-0.05, 0) is 53.9 Å². The number of aromatic nitrogens is 4. The lowest BCUT2D eigenvalue weighted by molar-refractivity contribution is 0.116. The Kier molecular flexibility index (Phi) is 5.04. The van der Waals surface area contributed by atoms with Crippen molar-refractivity contribution >= 4 is 0 Å². The van der Waals surface area contributed by atoms with Gasteiger partial charge in [-0.2, -0.15) is 4.68 Å². The van der Waals surface area contributed by atoms with Gasteiger partial charge < -0.3 is 5.11 Å². The predicted octanol–water partition coefficient (Wildman–Crippen LogP) is 2.75. The van der Waals surface area contributed by atoms with E-state index in [4.69, 9.17) is 0 Å². The zero-order valence-corrected chi connectivity index (χ0v) is 14.6. The second-order valence-corrected chi connectivity index (χ2v) is 6.77. The molecule has 0 radical (unpaired) electrons. The normalized spacial score (nSPS) is 18.9. The molecule has 2 atom stereocenters. The molecule has 6 heteroatoms. The van der Waals surface area contributed by atoms with Gasteiger partial charge in [0.1, 0.15) is 0 Å². The van der Waals surface area contributed by atoms with Crippen molar-refractivity contribution in [1.29, 1.82) is 0 Å². The summed E-state index contributed by atoms with van der Waals surface area (Å²) < 4.78 is 1.79. The molecule has 3 aromatic rings. The Bertz CT molecular complexity index is 820. The maximum Gasteiger partial charge on any atom is 0.170 e. The molecule has 0 bridgehead atoms. The van der Waals surface area contributed by atoms with Crippen molar-refractivity contribution in [3.05, 3.63) is 72.1 Å². The van der Waals surface area contributed by atoms with Crippen molar-refractivity contribution in [3.8, 4) is 5.69 Å². The molecular weight excluding hydrogens is 326 g/mol. The van der Waals surface area contributed by atoms with Crippen LogP contribution in [0.15, 0.2) is 60.7 Å². The molecule has 1 saturated heterocycles. The summed E-state index contributed by atoms with van der Waals surface area (Å²) in [5.41, 5.74) is 1.95. The highest BCUT2D eigenvalue weighted by molar-refractivity contribution is 5.30. The molecule has 6 nitrogen and oxygen atoms in total. The van der Waals surface area contributed by atoms with Crippen molar-refractivity contribution in [2.45, 2.75) is 38.0 Å². The SMILES string of the molecule is O[C@@H](C[C@@H]1CCCN1Cc1nnnn1-c1ccccc1)c1ccccc1. The average Bonchev–Trinajstić information content (AvgIpc) is 3.33. The molecule has 134 valence electrons. The van der Waals surface area contributed by atoms with E-state index < -0.39 is 6.10 Å². The van der Waals surface area contributed by atoms with Gasteiger partial charge in [0.05, 0.1) is 18.3 Å². The molecule has 0 amide bonds. The van der Waals surface area contributed by atoms with E-state index in [2.05, 4.69) is 20.4 Å². The number of hydrogen-bond donors (Lipinski definition) is 1. The summed E-state index contributed by atoms with van der Waals surface area (Å²) >= 11 is 0. The lowest BCUT2D eigenvalue weighted by atomic mass is 10.0. The van der Waals surface area contributed by atoms with Crippen LogP contribution in [0.4, 0.5) is 0 Å². The highest BCUT2D eigenvalue weighted by Gasteiger charge is 2.28. The van der Waals surface area contributed by atoms with Crippen LogP contribution in [0, 0.1) is 0 Å². The number of likely N-dealkylation sites (tertiary alicyclic amines) is 1. The molecule has 0 saturated carbocycles. The Hall–Kier alpha value is -2.57. The maximum atomic E-state index is 10.6. The van der Waals surface area contributed by atoms with E-state index in [1.54, 1.807) is 4.68 Å². The summed E-state index contributed by atoms with van der Waals surface area (Å²) in [6, 6.07) is 20.2. The topological polar surface area (TPSA) is 67.1 Å². The van der Waals surface area contributed by atoms with Gasteiger partial charge in [-0.1, -0.05) is 48.5 Å². The molecule has 1 fully saturated rings. The summed E-state index contributed by atoms with van der Waals surface area (Å²) in [4.78, 5) is 2.39. The molecule has 26 heavy (non-hydrogen) atoms. The fourth-order valence-corrected chi connectivity index (χ4v) is 3.69. The Labute approximate surface area is 153 Å². The number of rotatable bonds is 6. The first-order valence-electron chi connectivity index (χ1n) is 9.11. The molecule has 2 aromatic carbocycles. The largest absolute Gasteiger partial charge is 0.388 e. The van der Waals surface area contributed by atoms with Crippen LogP contribution in [0.3, 0.4) is 0 Å². The Balaban J connectivity index is 1.46. The fourth-order valence-electron chi connectivity index (χ4n) is 3.69. The van der Waals surface area contributed by atoms with Gasteiger partial charge in [-0.25, -0.2) is 0 Å². The van der Waals surface area contributed by atoms with Crippen LogP contribution in [-0.4, -0.2) is 42.8 Å². The van der Waals surface area contributed by atoms with Crippen LogP contribution < -0.4 is 0 Å². The second-order valence-electron chi connectivity index (χ2n) is 6.77.